The van der Waals surface area contributed by atoms with Crippen molar-refractivity contribution in [3.8, 4) is 11.5 Å². The molecule has 10 heteroatoms. The van der Waals surface area contributed by atoms with Crippen molar-refractivity contribution in [3.05, 3.63) is 40.2 Å². The minimum Gasteiger partial charge on any atom is -0.497 e. The molecule has 0 unspecified atom stereocenters. The Morgan fingerprint density at radius 2 is 1.94 bits per heavy atom. The van der Waals surface area contributed by atoms with Gasteiger partial charge in [0.2, 0.25) is 5.91 Å². The summed E-state index contributed by atoms with van der Waals surface area (Å²) in [7, 11) is -0.356. The Bertz CT molecular complexity index is 1020. The maximum Gasteiger partial charge on any atom is 0.252 e. The first-order chi connectivity index (χ1) is 14.8. The molecule has 7 nitrogen and oxygen atoms in total. The first-order valence-electron chi connectivity index (χ1n) is 10.0. The number of sulfonamides is 1. The van der Waals surface area contributed by atoms with E-state index in [4.69, 9.17) is 21.1 Å². The molecule has 1 N–H and O–H groups in total. The molecule has 1 aromatic carbocycles. The van der Waals surface area contributed by atoms with Crippen LogP contribution in [-0.2, 0) is 21.4 Å². The monoisotopic (exact) mass is 486 g/mol. The molecule has 1 aliphatic heterocycles. The maximum atomic E-state index is 12.8. The maximum absolute atomic E-state index is 12.8. The quantitative estimate of drug-likeness (QED) is 0.614. The zero-order valence-electron chi connectivity index (χ0n) is 17.8. The summed E-state index contributed by atoms with van der Waals surface area (Å²) in [6.45, 7) is 3.01. The molecule has 1 aliphatic rings. The average Bonchev–Trinajstić information content (AvgIpc) is 3.24. The van der Waals surface area contributed by atoms with Crippen LogP contribution in [0.5, 0.6) is 11.5 Å². The predicted octanol–water partition coefficient (Wildman–Crippen LogP) is 3.77. The van der Waals surface area contributed by atoms with E-state index in [0.29, 0.717) is 48.3 Å². The average molecular weight is 487 g/mol. The fourth-order valence-electron chi connectivity index (χ4n) is 3.76. The van der Waals surface area contributed by atoms with Crippen LogP contribution in [0.2, 0.25) is 4.34 Å². The molecule has 31 heavy (non-hydrogen) atoms. The molecule has 0 radical (unpaired) electrons. The van der Waals surface area contributed by atoms with E-state index in [9.17, 15) is 13.2 Å². The van der Waals surface area contributed by atoms with Gasteiger partial charge >= 0.3 is 0 Å². The summed E-state index contributed by atoms with van der Waals surface area (Å²) >= 11 is 6.95. The molecule has 0 aliphatic carbocycles. The number of nitrogens with one attached hydrogen (secondary N) is 1. The number of methoxy groups -OCH3 is 2. The van der Waals surface area contributed by atoms with E-state index in [-0.39, 0.29) is 22.0 Å². The molecule has 2 aromatic rings. The molecule has 1 atom stereocenters. The lowest BCUT2D eigenvalue weighted by atomic mass is 9.85. The first-order valence-corrected chi connectivity index (χ1v) is 12.6. The van der Waals surface area contributed by atoms with Crippen LogP contribution in [0, 0.1) is 11.8 Å². The van der Waals surface area contributed by atoms with E-state index in [2.05, 4.69) is 5.32 Å². The van der Waals surface area contributed by atoms with Gasteiger partial charge in [-0.2, -0.15) is 4.31 Å². The number of carbonyl (C=O) groups is 1. The van der Waals surface area contributed by atoms with E-state index < -0.39 is 10.0 Å². The van der Waals surface area contributed by atoms with E-state index in [1.54, 1.807) is 32.4 Å². The normalized spacial score (nSPS) is 16.6. The highest BCUT2D eigenvalue weighted by molar-refractivity contribution is 7.91. The molecular formula is C21H27ClN2O5S2. The third kappa shape index (κ3) is 5.52. The summed E-state index contributed by atoms with van der Waals surface area (Å²) in [5, 5.41) is 2.97. The molecule has 170 valence electrons. The number of benzene rings is 1. The van der Waals surface area contributed by atoms with Crippen molar-refractivity contribution in [2.45, 2.75) is 30.5 Å². The number of nitrogens with zero attached hydrogens (tertiary/aromatic N) is 1. The number of carbonyl (C=O) groups excluding carboxylic acids is 1. The number of hydrogen-bond acceptors (Lipinski definition) is 6. The van der Waals surface area contributed by atoms with Gasteiger partial charge in [-0.05, 0) is 49.1 Å². The fourth-order valence-corrected chi connectivity index (χ4v) is 6.86. The van der Waals surface area contributed by atoms with Gasteiger partial charge in [0, 0.05) is 31.1 Å². The second kappa shape index (κ2) is 10.2. The SMILES string of the molecule is COc1ccc(OC)c(CNC(=O)[C@@H](C)C2CCN(S(=O)(=O)c3ccc(Cl)s3)CC2)c1. The molecule has 1 aromatic heterocycles. The Morgan fingerprint density at radius 1 is 1.23 bits per heavy atom. The Balaban J connectivity index is 1.56. The predicted molar refractivity (Wildman–Crippen MR) is 121 cm³/mol. The lowest BCUT2D eigenvalue weighted by molar-refractivity contribution is -0.126. The third-order valence-corrected chi connectivity index (χ3v) is 9.30. The molecular weight excluding hydrogens is 460 g/mol. The lowest BCUT2D eigenvalue weighted by Gasteiger charge is -2.33. The van der Waals surface area contributed by atoms with Crippen molar-refractivity contribution in [1.82, 2.24) is 9.62 Å². The van der Waals surface area contributed by atoms with Crippen molar-refractivity contribution in [2.24, 2.45) is 11.8 Å². The van der Waals surface area contributed by atoms with Crippen LogP contribution >= 0.6 is 22.9 Å². The minimum atomic E-state index is -3.53. The lowest BCUT2D eigenvalue weighted by Crippen LogP contribution is -2.42. The first kappa shape index (κ1) is 23.8. The molecule has 1 fully saturated rings. The second-order valence-electron chi connectivity index (χ2n) is 7.48. The van der Waals surface area contributed by atoms with Gasteiger partial charge in [0.05, 0.1) is 18.6 Å². The molecule has 0 spiro atoms. The van der Waals surface area contributed by atoms with Crippen LogP contribution in [0.15, 0.2) is 34.5 Å². The number of halogens is 1. The molecule has 0 saturated carbocycles. The van der Waals surface area contributed by atoms with Crippen LogP contribution in [0.25, 0.3) is 0 Å². The largest absolute Gasteiger partial charge is 0.497 e. The van der Waals surface area contributed by atoms with Crippen LogP contribution in [0.1, 0.15) is 25.3 Å². The van der Waals surface area contributed by atoms with Crippen molar-refractivity contribution in [3.63, 3.8) is 0 Å². The summed E-state index contributed by atoms with van der Waals surface area (Å²) in [4.78, 5) is 12.7. The van der Waals surface area contributed by atoms with Crippen molar-refractivity contribution in [1.29, 1.82) is 0 Å². The Morgan fingerprint density at radius 3 is 2.52 bits per heavy atom. The number of hydrogen-bond donors (Lipinski definition) is 1. The van der Waals surface area contributed by atoms with E-state index >= 15 is 0 Å². The van der Waals surface area contributed by atoms with Gasteiger partial charge in [0.15, 0.2) is 0 Å². The van der Waals surface area contributed by atoms with E-state index in [1.165, 1.54) is 10.4 Å². The fraction of sp³-hybridized carbons (Fsp3) is 0.476. The number of amides is 1. The van der Waals surface area contributed by atoms with Gasteiger partial charge in [-0.1, -0.05) is 18.5 Å². The van der Waals surface area contributed by atoms with Crippen LogP contribution in [0.3, 0.4) is 0 Å². The second-order valence-corrected chi connectivity index (χ2v) is 11.4. The van der Waals surface area contributed by atoms with E-state index in [1.807, 2.05) is 13.0 Å². The summed E-state index contributed by atoms with van der Waals surface area (Å²) in [5.74, 6) is 1.21. The smallest absolute Gasteiger partial charge is 0.252 e. The van der Waals surface area contributed by atoms with Gasteiger partial charge in [0.1, 0.15) is 15.7 Å². The zero-order valence-corrected chi connectivity index (χ0v) is 20.1. The topological polar surface area (TPSA) is 84.9 Å². The number of ether oxygens (including phenoxy) is 2. The molecule has 1 saturated heterocycles. The third-order valence-electron chi connectivity index (χ3n) is 5.70. The highest BCUT2D eigenvalue weighted by Gasteiger charge is 2.34. The molecule has 3 rings (SSSR count). The zero-order chi connectivity index (χ0) is 22.6. The Labute approximate surface area is 192 Å². The van der Waals surface area contributed by atoms with Gasteiger partial charge < -0.3 is 14.8 Å². The summed E-state index contributed by atoms with van der Waals surface area (Å²) in [6.07, 6.45) is 1.27. The van der Waals surface area contributed by atoms with Crippen molar-refractivity contribution in [2.75, 3.05) is 27.3 Å². The minimum absolute atomic E-state index is 0.0591. The molecule has 2 heterocycles. The Kier molecular flexibility index (Phi) is 7.85. The van der Waals surface area contributed by atoms with Crippen molar-refractivity contribution >= 4 is 38.9 Å². The highest BCUT2D eigenvalue weighted by atomic mass is 35.5. The number of rotatable bonds is 8. The van der Waals surface area contributed by atoms with Gasteiger partial charge in [0.25, 0.3) is 10.0 Å². The highest BCUT2D eigenvalue weighted by Crippen LogP contribution is 2.32. The summed E-state index contributed by atoms with van der Waals surface area (Å²) in [6, 6.07) is 8.58. The number of piperidine rings is 1. The molecule has 0 bridgehead atoms. The van der Waals surface area contributed by atoms with Gasteiger partial charge in [-0.25, -0.2) is 8.42 Å². The molecule has 1 amide bonds. The summed E-state index contributed by atoms with van der Waals surface area (Å²) < 4.78 is 38.3. The van der Waals surface area contributed by atoms with Crippen molar-refractivity contribution < 1.29 is 22.7 Å². The van der Waals surface area contributed by atoms with Gasteiger partial charge in [-0.15, -0.1) is 11.3 Å². The summed E-state index contributed by atoms with van der Waals surface area (Å²) in [5.41, 5.74) is 0.831. The van der Waals surface area contributed by atoms with Crippen LogP contribution < -0.4 is 14.8 Å². The van der Waals surface area contributed by atoms with Gasteiger partial charge in [-0.3, -0.25) is 4.79 Å². The van der Waals surface area contributed by atoms with Crippen LogP contribution in [0.4, 0.5) is 0 Å². The number of thiophene rings is 1. The standard InChI is InChI=1S/C21H27ClN2O5S2/c1-14(21(25)23-13-16-12-17(28-2)4-5-18(16)29-3)15-8-10-24(11-9-15)31(26,27)20-7-6-19(22)30-20/h4-7,12,14-15H,8-11,13H2,1-3H3,(H,23,25)/t14-/m0/s1. The van der Waals surface area contributed by atoms with E-state index in [0.717, 1.165) is 16.9 Å². The Hall–Kier alpha value is -1.81. The van der Waals surface area contributed by atoms with Crippen LogP contribution in [-0.4, -0.2) is 45.9 Å².